The quantitative estimate of drug-likeness (QED) is 0.686. The van der Waals surface area contributed by atoms with E-state index < -0.39 is 0 Å². The van der Waals surface area contributed by atoms with Crippen LogP contribution in [-0.2, 0) is 4.79 Å². The van der Waals surface area contributed by atoms with Crippen LogP contribution in [0.2, 0.25) is 0 Å². The maximum atomic E-state index is 11.9. The molecule has 2 bridgehead atoms. The smallest absolute Gasteiger partial charge is 0.225 e. The molecule has 3 nitrogen and oxygen atoms in total. The summed E-state index contributed by atoms with van der Waals surface area (Å²) in [5.41, 5.74) is 0. The Morgan fingerprint density at radius 3 is 2.07 bits per heavy atom. The van der Waals surface area contributed by atoms with E-state index in [-0.39, 0.29) is 5.92 Å². The van der Waals surface area contributed by atoms with Gasteiger partial charge in [0.1, 0.15) is 0 Å². The SMILES string of the molecule is CC(C)C(=O)N1C2CC1CN(C(C)C)C2. The highest BCUT2D eigenvalue weighted by molar-refractivity contribution is 5.80. The molecule has 1 amide bonds. The highest BCUT2D eigenvalue weighted by Gasteiger charge is 2.47. The molecule has 0 N–H and O–H groups in total. The summed E-state index contributed by atoms with van der Waals surface area (Å²) in [7, 11) is 0. The van der Waals surface area contributed by atoms with Crippen molar-refractivity contribution in [3.8, 4) is 0 Å². The number of amides is 1. The number of piperazine rings is 1. The molecule has 3 heteroatoms. The van der Waals surface area contributed by atoms with Crippen LogP contribution in [0.3, 0.4) is 0 Å². The molecule has 3 heterocycles. The standard InChI is InChI=1S/C12H22N2O/c1-8(2)12(15)14-10-5-11(14)7-13(6-10)9(3)4/h8-11H,5-7H2,1-4H3. The maximum Gasteiger partial charge on any atom is 0.225 e. The molecule has 0 aromatic rings. The first kappa shape index (κ1) is 10.9. The van der Waals surface area contributed by atoms with Crippen molar-refractivity contribution in [2.75, 3.05) is 13.1 Å². The fraction of sp³-hybridized carbons (Fsp3) is 0.917. The summed E-state index contributed by atoms with van der Waals surface area (Å²) in [6.45, 7) is 10.6. The van der Waals surface area contributed by atoms with Crippen LogP contribution in [0.4, 0.5) is 0 Å². The number of carbonyl (C=O) groups excluding carboxylic acids is 1. The molecule has 3 rings (SSSR count). The van der Waals surface area contributed by atoms with Crippen molar-refractivity contribution >= 4 is 5.91 Å². The van der Waals surface area contributed by atoms with Crippen molar-refractivity contribution in [3.05, 3.63) is 0 Å². The Bertz CT molecular complexity index is 250. The van der Waals surface area contributed by atoms with Gasteiger partial charge in [0.15, 0.2) is 0 Å². The number of fused-ring (bicyclic) bond motifs is 2. The topological polar surface area (TPSA) is 23.6 Å². The van der Waals surface area contributed by atoms with Gasteiger partial charge in [0.25, 0.3) is 0 Å². The van der Waals surface area contributed by atoms with Gasteiger partial charge < -0.3 is 4.90 Å². The third kappa shape index (κ3) is 1.78. The van der Waals surface area contributed by atoms with Crippen molar-refractivity contribution in [1.82, 2.24) is 9.80 Å². The first-order chi connectivity index (χ1) is 7.00. The highest BCUT2D eigenvalue weighted by atomic mass is 16.2. The summed E-state index contributed by atoms with van der Waals surface area (Å²) >= 11 is 0. The van der Waals surface area contributed by atoms with Gasteiger partial charge in [-0.3, -0.25) is 9.69 Å². The molecule has 0 aromatic heterocycles. The highest BCUT2D eigenvalue weighted by Crippen LogP contribution is 2.34. The largest absolute Gasteiger partial charge is 0.334 e. The molecule has 15 heavy (non-hydrogen) atoms. The fourth-order valence-corrected chi connectivity index (χ4v) is 2.72. The minimum Gasteiger partial charge on any atom is -0.334 e. The fourth-order valence-electron chi connectivity index (χ4n) is 2.72. The van der Waals surface area contributed by atoms with Crippen LogP contribution >= 0.6 is 0 Å². The summed E-state index contributed by atoms with van der Waals surface area (Å²) in [6, 6.07) is 1.62. The van der Waals surface area contributed by atoms with E-state index in [0.29, 0.717) is 24.0 Å². The lowest BCUT2D eigenvalue weighted by Crippen LogP contribution is -2.71. The Morgan fingerprint density at radius 2 is 1.67 bits per heavy atom. The third-order valence-electron chi connectivity index (χ3n) is 3.70. The van der Waals surface area contributed by atoms with Crippen molar-refractivity contribution in [3.63, 3.8) is 0 Å². The van der Waals surface area contributed by atoms with Gasteiger partial charge in [-0.15, -0.1) is 0 Å². The normalized spacial score (nSPS) is 30.9. The van der Waals surface area contributed by atoms with Crippen LogP contribution in [0.1, 0.15) is 34.1 Å². The van der Waals surface area contributed by atoms with Crippen LogP contribution in [0.25, 0.3) is 0 Å². The zero-order valence-electron chi connectivity index (χ0n) is 10.2. The molecule has 86 valence electrons. The first-order valence-electron chi connectivity index (χ1n) is 6.07. The molecule has 0 saturated carbocycles. The van der Waals surface area contributed by atoms with E-state index in [2.05, 4.69) is 23.6 Å². The number of piperidine rings is 1. The molecule has 0 aliphatic carbocycles. The third-order valence-corrected chi connectivity index (χ3v) is 3.70. The van der Waals surface area contributed by atoms with E-state index in [1.807, 2.05) is 13.8 Å². The predicted octanol–water partition coefficient (Wildman–Crippen LogP) is 1.34. The average Bonchev–Trinajstić information content (AvgIpc) is 2.17. The molecule has 3 aliphatic rings. The molecule has 2 atom stereocenters. The van der Waals surface area contributed by atoms with Gasteiger partial charge in [-0.25, -0.2) is 0 Å². The lowest BCUT2D eigenvalue weighted by atomic mass is 9.85. The van der Waals surface area contributed by atoms with E-state index in [1.54, 1.807) is 0 Å². The van der Waals surface area contributed by atoms with Crippen LogP contribution in [-0.4, -0.2) is 46.9 Å². The number of carbonyl (C=O) groups is 1. The van der Waals surface area contributed by atoms with E-state index in [1.165, 1.54) is 6.42 Å². The summed E-state index contributed by atoms with van der Waals surface area (Å²) in [5.74, 6) is 0.501. The number of nitrogens with zero attached hydrogens (tertiary/aromatic N) is 2. The molecular formula is C12H22N2O. The zero-order chi connectivity index (χ0) is 11.2. The summed E-state index contributed by atoms with van der Waals surface area (Å²) < 4.78 is 0. The minimum atomic E-state index is 0.154. The Hall–Kier alpha value is -0.570. The number of rotatable bonds is 2. The lowest BCUT2D eigenvalue weighted by molar-refractivity contribution is -0.158. The van der Waals surface area contributed by atoms with Crippen LogP contribution < -0.4 is 0 Å². The minimum absolute atomic E-state index is 0.154. The Kier molecular flexibility index (Phi) is 2.75. The number of hydrogen-bond donors (Lipinski definition) is 0. The monoisotopic (exact) mass is 210 g/mol. The number of hydrogen-bond acceptors (Lipinski definition) is 2. The molecule has 3 saturated heterocycles. The van der Waals surface area contributed by atoms with Crippen LogP contribution in [0.5, 0.6) is 0 Å². The summed E-state index contributed by atoms with van der Waals surface area (Å²) in [5, 5.41) is 0. The molecule has 0 spiro atoms. The summed E-state index contributed by atoms with van der Waals surface area (Å²) in [4.78, 5) is 16.5. The van der Waals surface area contributed by atoms with Gasteiger partial charge in [0, 0.05) is 37.1 Å². The second-order valence-corrected chi connectivity index (χ2v) is 5.49. The van der Waals surface area contributed by atoms with Crippen molar-refractivity contribution in [2.24, 2.45) is 5.92 Å². The predicted molar refractivity (Wildman–Crippen MR) is 60.6 cm³/mol. The Balaban J connectivity index is 1.97. The Labute approximate surface area is 92.4 Å². The van der Waals surface area contributed by atoms with Crippen LogP contribution in [0, 0.1) is 5.92 Å². The van der Waals surface area contributed by atoms with Crippen molar-refractivity contribution in [1.29, 1.82) is 0 Å². The van der Waals surface area contributed by atoms with E-state index in [9.17, 15) is 4.79 Å². The first-order valence-corrected chi connectivity index (χ1v) is 6.07. The van der Waals surface area contributed by atoms with Gasteiger partial charge in [0.2, 0.25) is 5.91 Å². The van der Waals surface area contributed by atoms with Gasteiger partial charge in [-0.2, -0.15) is 0 Å². The van der Waals surface area contributed by atoms with Gasteiger partial charge in [-0.1, -0.05) is 13.8 Å². The second kappa shape index (κ2) is 3.78. The molecule has 3 fully saturated rings. The van der Waals surface area contributed by atoms with Gasteiger partial charge in [0.05, 0.1) is 0 Å². The summed E-state index contributed by atoms with van der Waals surface area (Å²) in [6.07, 6.45) is 1.22. The van der Waals surface area contributed by atoms with E-state index >= 15 is 0 Å². The van der Waals surface area contributed by atoms with Crippen LogP contribution in [0.15, 0.2) is 0 Å². The van der Waals surface area contributed by atoms with Crippen molar-refractivity contribution in [2.45, 2.75) is 52.2 Å². The molecular weight excluding hydrogens is 188 g/mol. The molecule has 2 unspecified atom stereocenters. The molecule has 0 radical (unpaired) electrons. The molecule has 0 aromatic carbocycles. The van der Waals surface area contributed by atoms with Gasteiger partial charge in [-0.05, 0) is 20.3 Å². The lowest BCUT2D eigenvalue weighted by Gasteiger charge is -2.57. The average molecular weight is 210 g/mol. The zero-order valence-corrected chi connectivity index (χ0v) is 10.2. The Morgan fingerprint density at radius 1 is 1.13 bits per heavy atom. The van der Waals surface area contributed by atoms with E-state index in [0.717, 1.165) is 13.1 Å². The maximum absolute atomic E-state index is 11.9. The van der Waals surface area contributed by atoms with Gasteiger partial charge >= 0.3 is 0 Å². The second-order valence-electron chi connectivity index (χ2n) is 5.49. The molecule has 3 aliphatic heterocycles. The van der Waals surface area contributed by atoms with Crippen molar-refractivity contribution < 1.29 is 4.79 Å². The van der Waals surface area contributed by atoms with E-state index in [4.69, 9.17) is 0 Å².